The van der Waals surface area contributed by atoms with Gasteiger partial charge in [-0.15, -0.1) is 0 Å². The number of aliphatic carboxylic acids is 1. The van der Waals surface area contributed by atoms with Gasteiger partial charge in [-0.2, -0.15) is 0 Å². The number of nitrogens with zero attached hydrogens (tertiary/aromatic N) is 1. The van der Waals surface area contributed by atoms with Gasteiger partial charge in [0.1, 0.15) is 6.04 Å². The number of amides is 1. The van der Waals surface area contributed by atoms with Crippen LogP contribution in [0.25, 0.3) is 10.8 Å². The van der Waals surface area contributed by atoms with E-state index in [0.29, 0.717) is 12.2 Å². The number of carboxylic acids is 1. The van der Waals surface area contributed by atoms with Gasteiger partial charge >= 0.3 is 5.97 Å². The van der Waals surface area contributed by atoms with E-state index in [4.69, 9.17) is 0 Å². The Labute approximate surface area is 150 Å². The molecule has 3 aromatic rings. The Kier molecular flexibility index (Phi) is 5.56. The van der Waals surface area contributed by atoms with E-state index in [2.05, 4.69) is 15.6 Å². The van der Waals surface area contributed by atoms with E-state index >= 15 is 0 Å². The maximum atomic E-state index is 12.4. The summed E-state index contributed by atoms with van der Waals surface area (Å²) in [4.78, 5) is 27.8. The number of pyridine rings is 1. The van der Waals surface area contributed by atoms with Crippen molar-refractivity contribution in [2.75, 3.05) is 5.32 Å². The Morgan fingerprint density at radius 3 is 2.62 bits per heavy atom. The van der Waals surface area contributed by atoms with Crippen molar-refractivity contribution < 1.29 is 14.7 Å². The van der Waals surface area contributed by atoms with Crippen molar-refractivity contribution in [2.45, 2.75) is 19.0 Å². The van der Waals surface area contributed by atoms with Crippen molar-refractivity contribution in [1.29, 1.82) is 0 Å². The highest BCUT2D eigenvalue weighted by Crippen LogP contribution is 2.23. The van der Waals surface area contributed by atoms with Crippen LogP contribution in [0.3, 0.4) is 0 Å². The molecule has 0 saturated carbocycles. The fraction of sp³-hybridized carbons (Fsp3) is 0.150. The van der Waals surface area contributed by atoms with Crippen LogP contribution < -0.4 is 10.6 Å². The van der Waals surface area contributed by atoms with Gasteiger partial charge in [0.2, 0.25) is 5.91 Å². The molecule has 132 valence electrons. The predicted molar refractivity (Wildman–Crippen MR) is 99.7 cm³/mol. The van der Waals surface area contributed by atoms with Crippen LogP contribution in [0.1, 0.15) is 12.0 Å². The van der Waals surface area contributed by atoms with Crippen LogP contribution in [0.5, 0.6) is 0 Å². The second-order valence-electron chi connectivity index (χ2n) is 5.91. The van der Waals surface area contributed by atoms with Gasteiger partial charge in [-0.1, -0.05) is 42.5 Å². The van der Waals surface area contributed by atoms with Gasteiger partial charge in [0.05, 0.1) is 6.42 Å². The lowest BCUT2D eigenvalue weighted by Gasteiger charge is -2.15. The molecule has 0 unspecified atom stereocenters. The predicted octanol–water partition coefficient (Wildman–Crippen LogP) is 2.81. The molecule has 3 N–H and O–H groups in total. The molecule has 3 rings (SSSR count). The molecule has 6 nitrogen and oxygen atoms in total. The summed E-state index contributed by atoms with van der Waals surface area (Å²) in [6.45, 7) is 0.326. The Morgan fingerprint density at radius 1 is 1.04 bits per heavy atom. The van der Waals surface area contributed by atoms with E-state index in [1.807, 2.05) is 42.5 Å². The summed E-state index contributed by atoms with van der Waals surface area (Å²) in [6, 6.07) is 16.0. The van der Waals surface area contributed by atoms with Crippen molar-refractivity contribution in [3.8, 4) is 0 Å². The standard InChI is InChI=1S/C20H19N3O3/c24-19(23-17-9-3-7-15-6-1-2-8-16(15)17)11-18(20(25)26)22-13-14-5-4-10-21-12-14/h1-10,12,18,22H,11,13H2,(H,23,24)(H,25,26)/t18-/m0/s1. The van der Waals surface area contributed by atoms with Crippen molar-refractivity contribution >= 4 is 28.3 Å². The first-order valence-corrected chi connectivity index (χ1v) is 8.26. The Balaban J connectivity index is 1.65. The minimum Gasteiger partial charge on any atom is -0.480 e. The summed E-state index contributed by atoms with van der Waals surface area (Å²) in [5, 5.41) is 17.0. The number of nitrogens with one attached hydrogen (secondary N) is 2. The molecular weight excluding hydrogens is 330 g/mol. The second-order valence-corrected chi connectivity index (χ2v) is 5.91. The first-order valence-electron chi connectivity index (χ1n) is 8.26. The molecule has 0 aliphatic carbocycles. The van der Waals surface area contributed by atoms with Gasteiger partial charge in [0.25, 0.3) is 0 Å². The monoisotopic (exact) mass is 349 g/mol. The van der Waals surface area contributed by atoms with Gasteiger partial charge < -0.3 is 10.4 Å². The van der Waals surface area contributed by atoms with Crippen molar-refractivity contribution in [1.82, 2.24) is 10.3 Å². The molecule has 1 heterocycles. The number of aromatic nitrogens is 1. The van der Waals surface area contributed by atoms with Gasteiger partial charge in [-0.3, -0.25) is 19.9 Å². The maximum Gasteiger partial charge on any atom is 0.321 e. The Hall–Kier alpha value is -3.25. The van der Waals surface area contributed by atoms with Crippen molar-refractivity contribution in [2.24, 2.45) is 0 Å². The van der Waals surface area contributed by atoms with E-state index in [0.717, 1.165) is 16.3 Å². The number of fused-ring (bicyclic) bond motifs is 1. The molecule has 0 radical (unpaired) electrons. The zero-order valence-electron chi connectivity index (χ0n) is 14.1. The molecule has 2 aromatic carbocycles. The molecule has 26 heavy (non-hydrogen) atoms. The highest BCUT2D eigenvalue weighted by molar-refractivity contribution is 6.03. The molecule has 0 bridgehead atoms. The zero-order valence-corrected chi connectivity index (χ0v) is 14.1. The molecule has 0 aliphatic rings. The van der Waals surface area contributed by atoms with Crippen LogP contribution in [-0.2, 0) is 16.1 Å². The molecule has 1 amide bonds. The summed E-state index contributed by atoms with van der Waals surface area (Å²) in [5.41, 5.74) is 1.53. The number of hydrogen-bond acceptors (Lipinski definition) is 4. The summed E-state index contributed by atoms with van der Waals surface area (Å²) in [7, 11) is 0. The maximum absolute atomic E-state index is 12.4. The third-order valence-corrected chi connectivity index (χ3v) is 4.03. The van der Waals surface area contributed by atoms with Crippen LogP contribution >= 0.6 is 0 Å². The first kappa shape index (κ1) is 17.6. The SMILES string of the molecule is O=C(C[C@H](NCc1cccnc1)C(=O)O)Nc1cccc2ccccc12. The Bertz CT molecular complexity index is 907. The number of carboxylic acid groups (broad SMARTS) is 1. The summed E-state index contributed by atoms with van der Waals surface area (Å²) >= 11 is 0. The minimum atomic E-state index is -1.07. The number of carbonyl (C=O) groups is 2. The van der Waals surface area contributed by atoms with Crippen LogP contribution in [0.15, 0.2) is 67.0 Å². The number of carbonyl (C=O) groups excluding carboxylic acids is 1. The van der Waals surface area contributed by atoms with Gasteiger partial charge in [0.15, 0.2) is 0 Å². The van der Waals surface area contributed by atoms with Gasteiger partial charge in [-0.25, -0.2) is 0 Å². The lowest BCUT2D eigenvalue weighted by Crippen LogP contribution is -2.39. The van der Waals surface area contributed by atoms with E-state index in [1.54, 1.807) is 24.5 Å². The minimum absolute atomic E-state index is 0.168. The largest absolute Gasteiger partial charge is 0.480 e. The molecule has 1 atom stereocenters. The van der Waals surface area contributed by atoms with Crippen LogP contribution in [-0.4, -0.2) is 28.0 Å². The Morgan fingerprint density at radius 2 is 1.85 bits per heavy atom. The number of anilines is 1. The molecule has 0 fully saturated rings. The number of hydrogen-bond donors (Lipinski definition) is 3. The highest BCUT2D eigenvalue weighted by Gasteiger charge is 2.21. The fourth-order valence-electron chi connectivity index (χ4n) is 2.71. The third-order valence-electron chi connectivity index (χ3n) is 4.03. The normalized spacial score (nSPS) is 11.8. The van der Waals surface area contributed by atoms with E-state index in [-0.39, 0.29) is 12.3 Å². The molecule has 0 saturated heterocycles. The van der Waals surface area contributed by atoms with Gasteiger partial charge in [-0.05, 0) is 23.1 Å². The molecule has 0 spiro atoms. The quantitative estimate of drug-likeness (QED) is 0.610. The summed E-state index contributed by atoms with van der Waals surface area (Å²) in [5.74, 6) is -1.42. The first-order chi connectivity index (χ1) is 12.6. The smallest absolute Gasteiger partial charge is 0.321 e. The van der Waals surface area contributed by atoms with Crippen LogP contribution in [0.2, 0.25) is 0 Å². The van der Waals surface area contributed by atoms with E-state index < -0.39 is 12.0 Å². The lowest BCUT2D eigenvalue weighted by atomic mass is 10.1. The topological polar surface area (TPSA) is 91.3 Å². The average molecular weight is 349 g/mol. The fourth-order valence-corrected chi connectivity index (χ4v) is 2.71. The molecule has 6 heteroatoms. The summed E-state index contributed by atoms with van der Waals surface area (Å²) < 4.78 is 0. The van der Waals surface area contributed by atoms with Gasteiger partial charge in [0, 0.05) is 30.0 Å². The van der Waals surface area contributed by atoms with E-state index in [9.17, 15) is 14.7 Å². The second kappa shape index (κ2) is 8.22. The highest BCUT2D eigenvalue weighted by atomic mass is 16.4. The van der Waals surface area contributed by atoms with Crippen LogP contribution in [0, 0.1) is 0 Å². The van der Waals surface area contributed by atoms with Crippen LogP contribution in [0.4, 0.5) is 5.69 Å². The average Bonchev–Trinajstić information content (AvgIpc) is 2.66. The third kappa shape index (κ3) is 4.43. The van der Waals surface area contributed by atoms with Crippen molar-refractivity contribution in [3.63, 3.8) is 0 Å². The summed E-state index contributed by atoms with van der Waals surface area (Å²) in [6.07, 6.45) is 3.14. The molecule has 1 aromatic heterocycles. The van der Waals surface area contributed by atoms with E-state index in [1.165, 1.54) is 0 Å². The lowest BCUT2D eigenvalue weighted by molar-refractivity contribution is -0.141. The molecule has 0 aliphatic heterocycles. The zero-order chi connectivity index (χ0) is 18.4. The number of benzene rings is 2. The molecular formula is C20H19N3O3. The van der Waals surface area contributed by atoms with Crippen molar-refractivity contribution in [3.05, 3.63) is 72.6 Å². The number of rotatable bonds is 7.